The predicted molar refractivity (Wildman–Crippen MR) is 82.5 cm³/mol. The average Bonchev–Trinajstić information content (AvgIpc) is 2.54. The number of carbonyl (C=O) groups is 1. The Morgan fingerprint density at radius 3 is 3.05 bits per heavy atom. The van der Waals surface area contributed by atoms with Gasteiger partial charge in [0.15, 0.2) is 0 Å². The average molecular weight is 298 g/mol. The van der Waals surface area contributed by atoms with Gasteiger partial charge in [0, 0.05) is 12.3 Å². The maximum absolute atomic E-state index is 12.1. The van der Waals surface area contributed by atoms with Gasteiger partial charge in [-0.15, -0.1) is 0 Å². The molecule has 5 nitrogen and oxygen atoms in total. The zero-order valence-electron chi connectivity index (χ0n) is 12.5. The molecule has 0 amide bonds. The number of allylic oxidation sites excluding steroid dienone is 2. The number of hydrogen-bond acceptors (Lipinski definition) is 4. The van der Waals surface area contributed by atoms with E-state index in [2.05, 4.69) is 11.1 Å². The highest BCUT2D eigenvalue weighted by Gasteiger charge is 2.20. The quantitative estimate of drug-likeness (QED) is 0.645. The minimum atomic E-state index is -0.213. The molecule has 2 aromatic rings. The van der Waals surface area contributed by atoms with Crippen molar-refractivity contribution in [3.63, 3.8) is 0 Å². The van der Waals surface area contributed by atoms with Crippen molar-refractivity contribution >= 4 is 11.6 Å². The SMILES string of the molecule is Cc1ccc2nc(COC(=O)[C@@H]3CC=CCC3)cc(=O)n2c1. The number of aromatic nitrogens is 2. The van der Waals surface area contributed by atoms with Crippen LogP contribution in [0.5, 0.6) is 0 Å². The van der Waals surface area contributed by atoms with E-state index in [4.69, 9.17) is 4.74 Å². The van der Waals surface area contributed by atoms with E-state index in [1.807, 2.05) is 19.1 Å². The second kappa shape index (κ2) is 6.13. The molecule has 0 saturated carbocycles. The normalized spacial score (nSPS) is 17.6. The Hall–Kier alpha value is -2.43. The van der Waals surface area contributed by atoms with Crippen LogP contribution in [0, 0.1) is 12.8 Å². The number of hydrogen-bond donors (Lipinski definition) is 0. The fraction of sp³-hybridized carbons (Fsp3) is 0.353. The molecule has 0 unspecified atom stereocenters. The third-order valence-electron chi connectivity index (χ3n) is 3.83. The second-order valence-electron chi connectivity index (χ2n) is 5.61. The number of nitrogens with zero attached hydrogens (tertiary/aromatic N) is 2. The third-order valence-corrected chi connectivity index (χ3v) is 3.83. The summed E-state index contributed by atoms with van der Waals surface area (Å²) in [6.45, 7) is 1.96. The van der Waals surface area contributed by atoms with Crippen molar-refractivity contribution in [2.45, 2.75) is 32.8 Å². The van der Waals surface area contributed by atoms with Crippen molar-refractivity contribution in [2.24, 2.45) is 5.92 Å². The number of pyridine rings is 1. The summed E-state index contributed by atoms with van der Waals surface area (Å²) in [6.07, 6.45) is 8.30. The number of ether oxygens (including phenoxy) is 1. The first-order chi connectivity index (χ1) is 10.6. The maximum atomic E-state index is 12.1. The maximum Gasteiger partial charge on any atom is 0.309 e. The zero-order valence-corrected chi connectivity index (χ0v) is 12.5. The van der Waals surface area contributed by atoms with Crippen molar-refractivity contribution in [2.75, 3.05) is 0 Å². The Balaban J connectivity index is 1.74. The van der Waals surface area contributed by atoms with E-state index < -0.39 is 0 Å². The Labute approximate surface area is 128 Å². The fourth-order valence-corrected chi connectivity index (χ4v) is 2.60. The lowest BCUT2D eigenvalue weighted by atomic mass is 9.95. The van der Waals surface area contributed by atoms with Crippen LogP contribution in [0.15, 0.2) is 41.3 Å². The molecule has 0 aliphatic heterocycles. The number of aryl methyl sites for hydroxylation is 1. The summed E-state index contributed by atoms with van der Waals surface area (Å²) >= 11 is 0. The molecule has 1 atom stereocenters. The van der Waals surface area contributed by atoms with Crippen LogP contribution in [0.25, 0.3) is 5.65 Å². The van der Waals surface area contributed by atoms with Crippen LogP contribution in [-0.2, 0) is 16.1 Å². The summed E-state index contributed by atoms with van der Waals surface area (Å²) in [5, 5.41) is 0. The summed E-state index contributed by atoms with van der Waals surface area (Å²) in [6, 6.07) is 5.10. The molecule has 114 valence electrons. The van der Waals surface area contributed by atoms with Gasteiger partial charge in [0.2, 0.25) is 0 Å². The molecule has 5 heteroatoms. The standard InChI is InChI=1S/C17H18N2O3/c1-12-7-8-15-18-14(9-16(20)19(15)10-12)11-22-17(21)13-5-3-2-4-6-13/h2-3,7-10,13H,4-6,11H2,1H3/t13-/m1/s1. The van der Waals surface area contributed by atoms with Gasteiger partial charge < -0.3 is 4.74 Å². The van der Waals surface area contributed by atoms with Crippen LogP contribution in [0.2, 0.25) is 0 Å². The molecule has 3 rings (SSSR count). The van der Waals surface area contributed by atoms with Gasteiger partial charge in [0.05, 0.1) is 11.6 Å². The molecule has 0 aromatic carbocycles. The molecule has 0 bridgehead atoms. The van der Waals surface area contributed by atoms with E-state index in [1.54, 1.807) is 12.3 Å². The highest BCUT2D eigenvalue weighted by molar-refractivity contribution is 5.72. The first-order valence-corrected chi connectivity index (χ1v) is 7.44. The lowest BCUT2D eigenvalue weighted by molar-refractivity contribution is -0.150. The van der Waals surface area contributed by atoms with Crippen LogP contribution < -0.4 is 5.56 Å². The van der Waals surface area contributed by atoms with Crippen molar-refractivity contribution in [1.82, 2.24) is 9.38 Å². The monoisotopic (exact) mass is 298 g/mol. The van der Waals surface area contributed by atoms with Crippen molar-refractivity contribution in [3.8, 4) is 0 Å². The molecule has 2 heterocycles. The van der Waals surface area contributed by atoms with Crippen molar-refractivity contribution in [3.05, 3.63) is 58.2 Å². The molecular weight excluding hydrogens is 280 g/mol. The summed E-state index contributed by atoms with van der Waals surface area (Å²) in [4.78, 5) is 28.4. The fourth-order valence-electron chi connectivity index (χ4n) is 2.60. The second-order valence-corrected chi connectivity index (χ2v) is 5.61. The molecule has 0 saturated heterocycles. The summed E-state index contributed by atoms with van der Waals surface area (Å²) < 4.78 is 6.80. The van der Waals surface area contributed by atoms with E-state index in [0.717, 1.165) is 24.8 Å². The molecule has 0 radical (unpaired) electrons. The Morgan fingerprint density at radius 1 is 1.41 bits per heavy atom. The van der Waals surface area contributed by atoms with Gasteiger partial charge in [-0.25, -0.2) is 4.98 Å². The highest BCUT2D eigenvalue weighted by Crippen LogP contribution is 2.19. The van der Waals surface area contributed by atoms with Crippen molar-refractivity contribution < 1.29 is 9.53 Å². The van der Waals surface area contributed by atoms with Crippen LogP contribution in [0.4, 0.5) is 0 Å². The Bertz CT molecular complexity index is 792. The summed E-state index contributed by atoms with van der Waals surface area (Å²) in [5.74, 6) is -0.288. The molecule has 0 spiro atoms. The molecule has 0 N–H and O–H groups in total. The smallest absolute Gasteiger partial charge is 0.309 e. The van der Waals surface area contributed by atoms with Crippen LogP contribution >= 0.6 is 0 Å². The highest BCUT2D eigenvalue weighted by atomic mass is 16.5. The van der Waals surface area contributed by atoms with E-state index in [9.17, 15) is 9.59 Å². The minimum Gasteiger partial charge on any atom is -0.459 e. The minimum absolute atomic E-state index is 0.0403. The van der Waals surface area contributed by atoms with Crippen LogP contribution in [0.1, 0.15) is 30.5 Å². The molecular formula is C17H18N2O3. The number of carbonyl (C=O) groups excluding carboxylic acids is 1. The zero-order chi connectivity index (χ0) is 15.5. The van der Waals surface area contributed by atoms with Gasteiger partial charge in [-0.2, -0.15) is 0 Å². The van der Waals surface area contributed by atoms with Gasteiger partial charge in [-0.1, -0.05) is 18.2 Å². The van der Waals surface area contributed by atoms with Gasteiger partial charge in [-0.05, 0) is 37.8 Å². The van der Waals surface area contributed by atoms with Crippen LogP contribution in [-0.4, -0.2) is 15.4 Å². The number of rotatable bonds is 3. The molecule has 0 fully saturated rings. The molecule has 1 aliphatic rings. The third kappa shape index (κ3) is 3.08. The summed E-state index contributed by atoms with van der Waals surface area (Å²) in [7, 11) is 0. The molecule has 22 heavy (non-hydrogen) atoms. The topological polar surface area (TPSA) is 60.7 Å². The number of fused-ring (bicyclic) bond motifs is 1. The molecule has 1 aliphatic carbocycles. The van der Waals surface area contributed by atoms with Crippen molar-refractivity contribution in [1.29, 1.82) is 0 Å². The van der Waals surface area contributed by atoms with Gasteiger partial charge in [-0.3, -0.25) is 14.0 Å². The van der Waals surface area contributed by atoms with Gasteiger partial charge in [0.25, 0.3) is 5.56 Å². The largest absolute Gasteiger partial charge is 0.459 e. The Kier molecular flexibility index (Phi) is 4.04. The van der Waals surface area contributed by atoms with E-state index >= 15 is 0 Å². The first-order valence-electron chi connectivity index (χ1n) is 7.44. The summed E-state index contributed by atoms with van der Waals surface area (Å²) in [5.41, 5.74) is 1.86. The Morgan fingerprint density at radius 2 is 2.27 bits per heavy atom. The van der Waals surface area contributed by atoms with E-state index in [0.29, 0.717) is 11.3 Å². The first kappa shape index (κ1) is 14.5. The van der Waals surface area contributed by atoms with Gasteiger partial charge >= 0.3 is 5.97 Å². The van der Waals surface area contributed by atoms with E-state index in [1.165, 1.54) is 10.5 Å². The van der Waals surface area contributed by atoms with Crippen LogP contribution in [0.3, 0.4) is 0 Å². The lowest BCUT2D eigenvalue weighted by Gasteiger charge is -2.16. The molecule has 2 aromatic heterocycles. The van der Waals surface area contributed by atoms with Gasteiger partial charge in [0.1, 0.15) is 12.3 Å². The number of esters is 1. The lowest BCUT2D eigenvalue weighted by Crippen LogP contribution is -2.20. The predicted octanol–water partition coefficient (Wildman–Crippen LogP) is 2.40. The van der Waals surface area contributed by atoms with E-state index in [-0.39, 0.29) is 24.1 Å².